The van der Waals surface area contributed by atoms with E-state index in [1.807, 2.05) is 13.0 Å². The summed E-state index contributed by atoms with van der Waals surface area (Å²) in [6, 6.07) is 1.92. The van der Waals surface area contributed by atoms with Crippen LogP contribution in [-0.2, 0) is 9.84 Å². The number of hydrogen-bond donors (Lipinski definition) is 0. The van der Waals surface area contributed by atoms with Crippen molar-refractivity contribution in [2.24, 2.45) is 5.92 Å². The molecule has 0 aliphatic carbocycles. The summed E-state index contributed by atoms with van der Waals surface area (Å²) in [6.07, 6.45) is 1.57. The average molecular weight is 189 g/mol. The minimum Gasteiger partial charge on any atom is -0.229 e. The second-order valence-electron chi connectivity index (χ2n) is 3.00. The molecule has 0 saturated heterocycles. The second-order valence-corrected chi connectivity index (χ2v) is 5.23. The zero-order valence-electron chi connectivity index (χ0n) is 7.58. The molecule has 0 aromatic carbocycles. The fourth-order valence-corrected chi connectivity index (χ4v) is 2.60. The first kappa shape index (κ1) is 11.4. The molecule has 0 amide bonds. The Morgan fingerprint density at radius 2 is 2.08 bits per heavy atom. The Balaban J connectivity index is 3.99. The molecule has 0 aromatic rings. The first-order chi connectivity index (χ1) is 5.52. The maximum absolute atomic E-state index is 11.2. The molecule has 0 aliphatic heterocycles. The van der Waals surface area contributed by atoms with Crippen molar-refractivity contribution >= 4 is 9.84 Å². The van der Waals surface area contributed by atoms with E-state index in [-0.39, 0.29) is 17.4 Å². The van der Waals surface area contributed by atoms with Gasteiger partial charge in [0.15, 0.2) is 9.84 Å². The summed E-state index contributed by atoms with van der Waals surface area (Å²) in [7, 11) is -2.98. The van der Waals surface area contributed by atoms with Crippen LogP contribution in [0.3, 0.4) is 0 Å². The van der Waals surface area contributed by atoms with Crippen LogP contribution < -0.4 is 0 Å². The molecule has 1 unspecified atom stereocenters. The number of unbranched alkanes of at least 4 members (excludes halogenated alkanes) is 1. The lowest BCUT2D eigenvalue weighted by atomic mass is 10.3. The van der Waals surface area contributed by atoms with Crippen molar-refractivity contribution in [1.29, 1.82) is 5.26 Å². The molecule has 4 heteroatoms. The van der Waals surface area contributed by atoms with Crippen LogP contribution in [0.1, 0.15) is 26.7 Å². The minimum absolute atomic E-state index is 0.00347. The van der Waals surface area contributed by atoms with Crippen molar-refractivity contribution in [1.82, 2.24) is 0 Å². The number of nitrogens with zero attached hydrogens (tertiary/aromatic N) is 1. The number of rotatable bonds is 5. The molecule has 0 saturated carbocycles. The maximum Gasteiger partial charge on any atom is 0.151 e. The van der Waals surface area contributed by atoms with Gasteiger partial charge in [-0.25, -0.2) is 8.42 Å². The Hall–Kier alpha value is -0.560. The summed E-state index contributed by atoms with van der Waals surface area (Å²) >= 11 is 0. The number of sulfone groups is 1. The zero-order chi connectivity index (χ0) is 9.61. The molecule has 3 nitrogen and oxygen atoms in total. The van der Waals surface area contributed by atoms with Crippen molar-refractivity contribution in [3.63, 3.8) is 0 Å². The Bertz CT molecular complexity index is 251. The Labute approximate surface area is 74.3 Å². The lowest BCUT2D eigenvalue weighted by Gasteiger charge is -2.03. The summed E-state index contributed by atoms with van der Waals surface area (Å²) in [4.78, 5) is 0. The van der Waals surface area contributed by atoms with Gasteiger partial charge in [0, 0.05) is 0 Å². The fourth-order valence-electron chi connectivity index (χ4n) is 0.866. The summed E-state index contributed by atoms with van der Waals surface area (Å²) in [5, 5.41) is 8.41. The highest BCUT2D eigenvalue weighted by Crippen LogP contribution is 2.03. The molecule has 0 rings (SSSR count). The third-order valence-corrected chi connectivity index (χ3v) is 3.45. The summed E-state index contributed by atoms with van der Waals surface area (Å²) in [5.41, 5.74) is 0. The van der Waals surface area contributed by atoms with Crippen LogP contribution in [0.5, 0.6) is 0 Å². The van der Waals surface area contributed by atoms with E-state index in [1.54, 1.807) is 6.92 Å². The van der Waals surface area contributed by atoms with E-state index in [0.29, 0.717) is 6.42 Å². The second kappa shape index (κ2) is 5.15. The number of hydrogen-bond acceptors (Lipinski definition) is 3. The van der Waals surface area contributed by atoms with Crippen LogP contribution in [0.15, 0.2) is 0 Å². The summed E-state index contributed by atoms with van der Waals surface area (Å²) < 4.78 is 22.4. The molecular formula is C8H15NO2S. The molecule has 0 radical (unpaired) electrons. The van der Waals surface area contributed by atoms with E-state index in [9.17, 15) is 8.42 Å². The van der Waals surface area contributed by atoms with Gasteiger partial charge in [0.1, 0.15) is 0 Å². The smallest absolute Gasteiger partial charge is 0.151 e. The quantitative estimate of drug-likeness (QED) is 0.656. The van der Waals surface area contributed by atoms with Crippen LogP contribution in [0, 0.1) is 17.2 Å². The van der Waals surface area contributed by atoms with Crippen LogP contribution in [0.4, 0.5) is 0 Å². The lowest BCUT2D eigenvalue weighted by Crippen LogP contribution is -2.15. The van der Waals surface area contributed by atoms with Crippen molar-refractivity contribution in [3.05, 3.63) is 0 Å². The minimum atomic E-state index is -2.98. The summed E-state index contributed by atoms with van der Waals surface area (Å²) in [5.74, 6) is -0.161. The first-order valence-corrected chi connectivity index (χ1v) is 5.94. The number of nitriles is 1. The van der Waals surface area contributed by atoms with Crippen LogP contribution >= 0.6 is 0 Å². The summed E-state index contributed by atoms with van der Waals surface area (Å²) in [6.45, 7) is 3.58. The highest BCUT2D eigenvalue weighted by Gasteiger charge is 2.14. The van der Waals surface area contributed by atoms with Crippen molar-refractivity contribution < 1.29 is 8.42 Å². The normalized spacial score (nSPS) is 13.8. The predicted molar refractivity (Wildman–Crippen MR) is 48.3 cm³/mol. The molecule has 0 spiro atoms. The maximum atomic E-state index is 11.2. The molecular weight excluding hydrogens is 174 g/mol. The van der Waals surface area contributed by atoms with E-state index in [1.165, 1.54) is 0 Å². The molecule has 70 valence electrons. The topological polar surface area (TPSA) is 57.9 Å². The van der Waals surface area contributed by atoms with Gasteiger partial charge in [-0.1, -0.05) is 13.3 Å². The fraction of sp³-hybridized carbons (Fsp3) is 0.875. The predicted octanol–water partition coefficient (Wildman–Crippen LogP) is 1.36. The molecule has 12 heavy (non-hydrogen) atoms. The standard InChI is InChI=1S/C8H15NO2S/c1-3-4-5-12(10,11)7-8(2)6-9/h8H,3-5,7H2,1-2H3. The van der Waals surface area contributed by atoms with E-state index >= 15 is 0 Å². The molecule has 1 atom stereocenters. The van der Waals surface area contributed by atoms with Crippen LogP contribution in [-0.4, -0.2) is 19.9 Å². The third kappa shape index (κ3) is 5.14. The van der Waals surface area contributed by atoms with E-state index < -0.39 is 9.84 Å². The Kier molecular flexibility index (Phi) is 4.91. The van der Waals surface area contributed by atoms with Gasteiger partial charge < -0.3 is 0 Å². The SMILES string of the molecule is CCCCS(=O)(=O)CC(C)C#N. The molecule has 0 fully saturated rings. The van der Waals surface area contributed by atoms with E-state index in [4.69, 9.17) is 5.26 Å². The third-order valence-electron chi connectivity index (χ3n) is 1.53. The van der Waals surface area contributed by atoms with Gasteiger partial charge >= 0.3 is 0 Å². The average Bonchev–Trinajstić information content (AvgIpc) is 2.00. The van der Waals surface area contributed by atoms with Gasteiger partial charge in [-0.15, -0.1) is 0 Å². The largest absolute Gasteiger partial charge is 0.229 e. The Morgan fingerprint density at radius 3 is 2.50 bits per heavy atom. The molecule has 0 heterocycles. The molecule has 0 N–H and O–H groups in total. The van der Waals surface area contributed by atoms with Crippen LogP contribution in [0.2, 0.25) is 0 Å². The zero-order valence-corrected chi connectivity index (χ0v) is 8.39. The Morgan fingerprint density at radius 1 is 1.50 bits per heavy atom. The first-order valence-electron chi connectivity index (χ1n) is 4.12. The van der Waals surface area contributed by atoms with E-state index in [2.05, 4.69) is 0 Å². The van der Waals surface area contributed by atoms with Crippen LogP contribution in [0.25, 0.3) is 0 Å². The van der Waals surface area contributed by atoms with Gasteiger partial charge in [0.2, 0.25) is 0 Å². The highest BCUT2D eigenvalue weighted by atomic mass is 32.2. The van der Waals surface area contributed by atoms with Gasteiger partial charge in [-0.2, -0.15) is 5.26 Å². The molecule has 0 aliphatic rings. The van der Waals surface area contributed by atoms with Crippen molar-refractivity contribution in [2.75, 3.05) is 11.5 Å². The van der Waals surface area contributed by atoms with Gasteiger partial charge in [-0.3, -0.25) is 0 Å². The van der Waals surface area contributed by atoms with Gasteiger partial charge in [0.05, 0.1) is 23.5 Å². The highest BCUT2D eigenvalue weighted by molar-refractivity contribution is 7.91. The van der Waals surface area contributed by atoms with Crippen molar-refractivity contribution in [3.8, 4) is 6.07 Å². The lowest BCUT2D eigenvalue weighted by molar-refractivity contribution is 0.586. The molecule has 0 aromatic heterocycles. The van der Waals surface area contributed by atoms with Crippen molar-refractivity contribution in [2.45, 2.75) is 26.7 Å². The molecule has 0 bridgehead atoms. The monoisotopic (exact) mass is 189 g/mol. The van der Waals surface area contributed by atoms with E-state index in [0.717, 1.165) is 6.42 Å². The van der Waals surface area contributed by atoms with Gasteiger partial charge in [-0.05, 0) is 13.3 Å². The van der Waals surface area contributed by atoms with Gasteiger partial charge in [0.25, 0.3) is 0 Å².